The molecule has 0 bridgehead atoms. The summed E-state index contributed by atoms with van der Waals surface area (Å²) >= 11 is 1.52. The highest BCUT2D eigenvalue weighted by Gasteiger charge is 2.38. The van der Waals surface area contributed by atoms with Crippen LogP contribution in [0.4, 0.5) is 0 Å². The van der Waals surface area contributed by atoms with Crippen molar-refractivity contribution < 1.29 is 14.7 Å². The first-order chi connectivity index (χ1) is 9.49. The minimum absolute atomic E-state index is 0.0545. The third-order valence-electron chi connectivity index (χ3n) is 3.51. The maximum atomic E-state index is 12.3. The van der Waals surface area contributed by atoms with Crippen LogP contribution in [0.3, 0.4) is 0 Å². The molecule has 2 unspecified atom stereocenters. The highest BCUT2D eigenvalue weighted by molar-refractivity contribution is 8.00. The number of amides is 1. The van der Waals surface area contributed by atoms with Crippen molar-refractivity contribution in [3.05, 3.63) is 35.4 Å². The van der Waals surface area contributed by atoms with Crippen LogP contribution in [0.1, 0.15) is 24.5 Å². The Balaban J connectivity index is 1.99. The molecule has 1 fully saturated rings. The van der Waals surface area contributed by atoms with Crippen molar-refractivity contribution in [1.82, 2.24) is 4.90 Å². The minimum atomic E-state index is -0.911. The number of hydrogen-bond acceptors (Lipinski definition) is 3. The van der Waals surface area contributed by atoms with E-state index in [4.69, 9.17) is 5.11 Å². The van der Waals surface area contributed by atoms with Gasteiger partial charge in [-0.25, -0.2) is 4.79 Å². The van der Waals surface area contributed by atoms with Crippen molar-refractivity contribution in [2.45, 2.75) is 38.1 Å². The fourth-order valence-electron chi connectivity index (χ4n) is 2.46. The molecule has 2 atom stereocenters. The summed E-state index contributed by atoms with van der Waals surface area (Å²) in [6.45, 7) is 3.91. The number of carboxylic acid groups (broad SMARTS) is 1. The van der Waals surface area contributed by atoms with E-state index in [-0.39, 0.29) is 11.3 Å². The molecule has 1 amide bonds. The van der Waals surface area contributed by atoms with E-state index in [2.05, 4.69) is 6.07 Å². The van der Waals surface area contributed by atoms with E-state index < -0.39 is 12.0 Å². The number of aryl methyl sites for hydroxylation is 2. The van der Waals surface area contributed by atoms with E-state index in [1.807, 2.05) is 32.0 Å². The molecule has 1 aromatic carbocycles. The largest absolute Gasteiger partial charge is 0.480 e. The molecule has 1 aromatic rings. The number of rotatable bonds is 4. The zero-order valence-electron chi connectivity index (χ0n) is 11.7. The smallest absolute Gasteiger partial charge is 0.327 e. The Labute approximate surface area is 123 Å². The van der Waals surface area contributed by atoms with E-state index in [1.165, 1.54) is 22.2 Å². The lowest BCUT2D eigenvalue weighted by Gasteiger charge is -2.25. The van der Waals surface area contributed by atoms with Gasteiger partial charge in [-0.1, -0.05) is 29.8 Å². The van der Waals surface area contributed by atoms with Gasteiger partial charge in [0.2, 0.25) is 5.91 Å². The predicted molar refractivity (Wildman–Crippen MR) is 79.7 cm³/mol. The molecule has 20 heavy (non-hydrogen) atoms. The van der Waals surface area contributed by atoms with Crippen molar-refractivity contribution in [3.63, 3.8) is 0 Å². The summed E-state index contributed by atoms with van der Waals surface area (Å²) in [6.07, 6.45) is 1.01. The molecule has 2 rings (SSSR count). The fourth-order valence-corrected chi connectivity index (χ4v) is 3.65. The van der Waals surface area contributed by atoms with Gasteiger partial charge in [0.05, 0.1) is 5.37 Å². The lowest BCUT2D eigenvalue weighted by Crippen LogP contribution is -2.44. The summed E-state index contributed by atoms with van der Waals surface area (Å²) in [5.41, 5.74) is 2.29. The third-order valence-corrected chi connectivity index (χ3v) is 4.72. The predicted octanol–water partition coefficient (Wildman–Crippen LogP) is 2.30. The highest BCUT2D eigenvalue weighted by atomic mass is 32.2. The van der Waals surface area contributed by atoms with Crippen LogP contribution in [0.25, 0.3) is 0 Å². The molecule has 0 spiro atoms. The van der Waals surface area contributed by atoms with Crippen molar-refractivity contribution in [2.24, 2.45) is 0 Å². The van der Waals surface area contributed by atoms with Crippen LogP contribution in [0.5, 0.6) is 0 Å². The summed E-state index contributed by atoms with van der Waals surface area (Å²) in [5.74, 6) is -0.505. The number of benzene rings is 1. The monoisotopic (exact) mass is 293 g/mol. The van der Waals surface area contributed by atoms with Crippen LogP contribution < -0.4 is 0 Å². The first kappa shape index (κ1) is 14.9. The standard InChI is InChI=1S/C15H19NO3S/c1-10-4-3-5-12(8-10)6-7-14(17)16-11(2)20-9-13(16)15(18)19/h3-5,8,11,13H,6-7,9H2,1-2H3,(H,18,19). The van der Waals surface area contributed by atoms with Gasteiger partial charge in [-0.2, -0.15) is 0 Å². The molecule has 4 nitrogen and oxygen atoms in total. The zero-order chi connectivity index (χ0) is 14.7. The second kappa shape index (κ2) is 6.31. The quantitative estimate of drug-likeness (QED) is 0.925. The number of aliphatic carboxylic acids is 1. The van der Waals surface area contributed by atoms with E-state index in [1.54, 1.807) is 0 Å². The average Bonchev–Trinajstić information content (AvgIpc) is 2.78. The first-order valence-electron chi connectivity index (χ1n) is 6.70. The number of nitrogens with zero attached hydrogens (tertiary/aromatic N) is 1. The summed E-state index contributed by atoms with van der Waals surface area (Å²) in [6, 6.07) is 7.37. The Morgan fingerprint density at radius 2 is 2.20 bits per heavy atom. The third kappa shape index (κ3) is 3.33. The molecule has 1 aliphatic rings. The van der Waals surface area contributed by atoms with Crippen molar-refractivity contribution in [1.29, 1.82) is 0 Å². The molecular formula is C15H19NO3S. The molecule has 1 N–H and O–H groups in total. The molecular weight excluding hydrogens is 274 g/mol. The van der Waals surface area contributed by atoms with Gasteiger partial charge in [0.15, 0.2) is 0 Å². The SMILES string of the molecule is Cc1cccc(CCC(=O)N2C(C)SCC2C(=O)O)c1. The second-order valence-corrected chi connectivity index (χ2v) is 6.43. The Kier molecular flexibility index (Phi) is 4.70. The van der Waals surface area contributed by atoms with Crippen LogP contribution >= 0.6 is 11.8 Å². The van der Waals surface area contributed by atoms with E-state index >= 15 is 0 Å². The normalized spacial score (nSPS) is 22.0. The Morgan fingerprint density at radius 1 is 1.45 bits per heavy atom. The van der Waals surface area contributed by atoms with E-state index in [9.17, 15) is 9.59 Å². The van der Waals surface area contributed by atoms with Gasteiger partial charge in [-0.3, -0.25) is 4.79 Å². The highest BCUT2D eigenvalue weighted by Crippen LogP contribution is 2.29. The Morgan fingerprint density at radius 3 is 2.85 bits per heavy atom. The lowest BCUT2D eigenvalue weighted by molar-refractivity contribution is -0.148. The lowest BCUT2D eigenvalue weighted by atomic mass is 10.1. The van der Waals surface area contributed by atoms with Crippen LogP contribution in [0, 0.1) is 6.92 Å². The Bertz CT molecular complexity index is 518. The van der Waals surface area contributed by atoms with Crippen LogP contribution in [0.15, 0.2) is 24.3 Å². The second-order valence-electron chi connectivity index (χ2n) is 5.08. The van der Waals surface area contributed by atoms with Crippen molar-refractivity contribution in [3.8, 4) is 0 Å². The van der Waals surface area contributed by atoms with Crippen molar-refractivity contribution >= 4 is 23.6 Å². The van der Waals surface area contributed by atoms with Crippen LogP contribution in [-0.4, -0.2) is 39.1 Å². The van der Waals surface area contributed by atoms with Gasteiger partial charge in [0.25, 0.3) is 0 Å². The summed E-state index contributed by atoms with van der Waals surface area (Å²) in [5, 5.41) is 9.11. The molecule has 0 aliphatic carbocycles. The number of thioether (sulfide) groups is 1. The first-order valence-corrected chi connectivity index (χ1v) is 7.75. The van der Waals surface area contributed by atoms with Gasteiger partial charge in [0.1, 0.15) is 6.04 Å². The molecule has 0 radical (unpaired) electrons. The van der Waals surface area contributed by atoms with Gasteiger partial charge in [-0.05, 0) is 25.8 Å². The Hall–Kier alpha value is -1.49. The number of carbonyl (C=O) groups excluding carboxylic acids is 1. The molecule has 1 saturated heterocycles. The van der Waals surface area contributed by atoms with Crippen LogP contribution in [0.2, 0.25) is 0 Å². The summed E-state index contributed by atoms with van der Waals surface area (Å²) < 4.78 is 0. The number of hydrogen-bond donors (Lipinski definition) is 1. The fraction of sp³-hybridized carbons (Fsp3) is 0.467. The summed E-state index contributed by atoms with van der Waals surface area (Å²) in [7, 11) is 0. The molecule has 1 heterocycles. The zero-order valence-corrected chi connectivity index (χ0v) is 12.5. The number of carbonyl (C=O) groups is 2. The van der Waals surface area contributed by atoms with Gasteiger partial charge < -0.3 is 10.0 Å². The topological polar surface area (TPSA) is 57.6 Å². The van der Waals surface area contributed by atoms with Gasteiger partial charge in [0, 0.05) is 12.2 Å². The summed E-state index contributed by atoms with van der Waals surface area (Å²) in [4.78, 5) is 25.0. The maximum Gasteiger partial charge on any atom is 0.327 e. The maximum absolute atomic E-state index is 12.3. The molecule has 5 heteroatoms. The van der Waals surface area contributed by atoms with Gasteiger partial charge in [-0.15, -0.1) is 11.8 Å². The van der Waals surface area contributed by atoms with Gasteiger partial charge >= 0.3 is 5.97 Å². The minimum Gasteiger partial charge on any atom is -0.480 e. The molecule has 0 aromatic heterocycles. The van der Waals surface area contributed by atoms with Crippen molar-refractivity contribution in [2.75, 3.05) is 5.75 Å². The number of carboxylic acids is 1. The molecule has 0 saturated carbocycles. The van der Waals surface area contributed by atoms with E-state index in [0.717, 1.165) is 5.56 Å². The molecule has 1 aliphatic heterocycles. The molecule has 108 valence electrons. The van der Waals surface area contributed by atoms with E-state index in [0.29, 0.717) is 18.6 Å². The average molecular weight is 293 g/mol. The van der Waals surface area contributed by atoms with Crippen LogP contribution in [-0.2, 0) is 16.0 Å².